The van der Waals surface area contributed by atoms with Gasteiger partial charge in [0, 0.05) is 38.8 Å². The zero-order valence-electron chi connectivity index (χ0n) is 17.4. The molecule has 7 heteroatoms. The van der Waals surface area contributed by atoms with Crippen LogP contribution in [-0.4, -0.2) is 80.9 Å². The van der Waals surface area contributed by atoms with Crippen molar-refractivity contribution in [1.82, 2.24) is 15.1 Å². The molecule has 0 aromatic heterocycles. The molecular formula is C21H35IN4O2. The smallest absolute Gasteiger partial charge is 0.194 e. The molecule has 0 bridgehead atoms. The Kier molecular flexibility index (Phi) is 9.81. The monoisotopic (exact) mass is 502 g/mol. The quantitative estimate of drug-likeness (QED) is 0.281. The Morgan fingerprint density at radius 1 is 1.21 bits per heavy atom. The highest BCUT2D eigenvalue weighted by Gasteiger charge is 2.30. The van der Waals surface area contributed by atoms with Crippen molar-refractivity contribution in [3.8, 4) is 5.75 Å². The molecular weight excluding hydrogens is 467 g/mol. The molecule has 1 unspecified atom stereocenters. The first-order valence-corrected chi connectivity index (χ1v) is 10.2. The van der Waals surface area contributed by atoms with Crippen molar-refractivity contribution >= 4 is 29.9 Å². The normalized spacial score (nSPS) is 20.8. The highest BCUT2D eigenvalue weighted by molar-refractivity contribution is 14.0. The number of morpholine rings is 1. The van der Waals surface area contributed by atoms with E-state index in [2.05, 4.69) is 54.1 Å². The summed E-state index contributed by atoms with van der Waals surface area (Å²) in [6, 6.07) is 6.86. The molecule has 0 aliphatic carbocycles. The highest BCUT2D eigenvalue weighted by atomic mass is 127. The number of hydrogen-bond acceptors (Lipinski definition) is 4. The van der Waals surface area contributed by atoms with Crippen LogP contribution < -0.4 is 10.1 Å². The molecule has 1 aromatic rings. The van der Waals surface area contributed by atoms with Gasteiger partial charge in [0.2, 0.25) is 0 Å². The van der Waals surface area contributed by atoms with Gasteiger partial charge in [-0.2, -0.15) is 0 Å². The molecule has 2 saturated heterocycles. The van der Waals surface area contributed by atoms with Crippen LogP contribution in [0.15, 0.2) is 23.2 Å². The van der Waals surface area contributed by atoms with Crippen LogP contribution in [0.3, 0.4) is 0 Å². The molecule has 0 amide bonds. The summed E-state index contributed by atoms with van der Waals surface area (Å²) >= 11 is 0. The SMILES string of the molecule is CCNC(=NCCOc1c(C)cccc1C)N1CCC(N2CCOCC2)C1.I. The standard InChI is InChI=1S/C21H34N4O2.HI/c1-4-22-21(23-9-13-27-20-17(2)6-5-7-18(20)3)25-10-8-19(16-25)24-11-14-26-15-12-24;/h5-7,19H,4,8-16H2,1-3H3,(H,22,23);1H. The Morgan fingerprint density at radius 2 is 1.93 bits per heavy atom. The fraction of sp³-hybridized carbons (Fsp3) is 0.667. The zero-order chi connectivity index (χ0) is 19.1. The first kappa shape index (κ1) is 23.2. The van der Waals surface area contributed by atoms with Gasteiger partial charge >= 0.3 is 0 Å². The largest absolute Gasteiger partial charge is 0.491 e. The fourth-order valence-corrected chi connectivity index (χ4v) is 3.93. The van der Waals surface area contributed by atoms with E-state index >= 15 is 0 Å². The van der Waals surface area contributed by atoms with Crippen molar-refractivity contribution in [3.63, 3.8) is 0 Å². The summed E-state index contributed by atoms with van der Waals surface area (Å²) in [5.41, 5.74) is 2.36. The van der Waals surface area contributed by atoms with Gasteiger partial charge in [-0.05, 0) is 38.3 Å². The van der Waals surface area contributed by atoms with Crippen molar-refractivity contribution in [3.05, 3.63) is 29.3 Å². The third-order valence-electron chi connectivity index (χ3n) is 5.37. The number of nitrogens with one attached hydrogen (secondary N) is 1. The molecule has 3 rings (SSSR count). The summed E-state index contributed by atoms with van der Waals surface area (Å²) in [7, 11) is 0. The van der Waals surface area contributed by atoms with Crippen LogP contribution >= 0.6 is 24.0 Å². The predicted molar refractivity (Wildman–Crippen MR) is 125 cm³/mol. The Labute approximate surface area is 186 Å². The molecule has 2 heterocycles. The van der Waals surface area contributed by atoms with E-state index in [1.807, 2.05) is 0 Å². The van der Waals surface area contributed by atoms with E-state index in [-0.39, 0.29) is 24.0 Å². The van der Waals surface area contributed by atoms with Crippen molar-refractivity contribution in [2.45, 2.75) is 33.2 Å². The molecule has 28 heavy (non-hydrogen) atoms. The average molecular weight is 502 g/mol. The van der Waals surface area contributed by atoms with Crippen molar-refractivity contribution in [2.75, 3.05) is 59.1 Å². The van der Waals surface area contributed by atoms with E-state index in [1.54, 1.807) is 0 Å². The lowest BCUT2D eigenvalue weighted by atomic mass is 10.1. The molecule has 158 valence electrons. The number of nitrogens with zero attached hydrogens (tertiary/aromatic N) is 3. The van der Waals surface area contributed by atoms with Gasteiger partial charge in [0.25, 0.3) is 0 Å². The van der Waals surface area contributed by atoms with E-state index < -0.39 is 0 Å². The van der Waals surface area contributed by atoms with Gasteiger partial charge in [-0.15, -0.1) is 24.0 Å². The predicted octanol–water partition coefficient (Wildman–Crippen LogP) is 2.67. The number of rotatable bonds is 6. The van der Waals surface area contributed by atoms with Crippen LogP contribution in [0, 0.1) is 13.8 Å². The van der Waals surface area contributed by atoms with Crippen molar-refractivity contribution in [2.24, 2.45) is 4.99 Å². The van der Waals surface area contributed by atoms with E-state index in [0.717, 1.165) is 57.6 Å². The summed E-state index contributed by atoms with van der Waals surface area (Å²) in [4.78, 5) is 9.77. The topological polar surface area (TPSA) is 49.3 Å². The maximum absolute atomic E-state index is 6.00. The molecule has 2 aliphatic heterocycles. The molecule has 0 spiro atoms. The number of para-hydroxylation sites is 1. The van der Waals surface area contributed by atoms with Crippen LogP contribution in [0.2, 0.25) is 0 Å². The highest BCUT2D eigenvalue weighted by Crippen LogP contribution is 2.22. The van der Waals surface area contributed by atoms with Gasteiger partial charge in [0.05, 0.1) is 19.8 Å². The summed E-state index contributed by atoms with van der Waals surface area (Å²) < 4.78 is 11.5. The van der Waals surface area contributed by atoms with Crippen molar-refractivity contribution in [1.29, 1.82) is 0 Å². The number of likely N-dealkylation sites (tertiary alicyclic amines) is 1. The zero-order valence-corrected chi connectivity index (χ0v) is 19.8. The first-order valence-electron chi connectivity index (χ1n) is 10.2. The third-order valence-corrected chi connectivity index (χ3v) is 5.37. The second-order valence-corrected chi connectivity index (χ2v) is 7.34. The Bertz CT molecular complexity index is 615. The van der Waals surface area contributed by atoms with Gasteiger partial charge < -0.3 is 19.7 Å². The first-order chi connectivity index (χ1) is 13.2. The molecule has 1 atom stereocenters. The minimum atomic E-state index is 0. The molecule has 0 radical (unpaired) electrons. The second-order valence-electron chi connectivity index (χ2n) is 7.34. The van der Waals surface area contributed by atoms with E-state index in [4.69, 9.17) is 14.5 Å². The van der Waals surface area contributed by atoms with E-state index in [1.165, 1.54) is 17.5 Å². The molecule has 1 N–H and O–H groups in total. The maximum Gasteiger partial charge on any atom is 0.194 e. The van der Waals surface area contributed by atoms with Crippen molar-refractivity contribution < 1.29 is 9.47 Å². The minimum absolute atomic E-state index is 0. The van der Waals surface area contributed by atoms with Gasteiger partial charge in [-0.1, -0.05) is 18.2 Å². The van der Waals surface area contributed by atoms with Gasteiger partial charge in [-0.25, -0.2) is 4.99 Å². The number of benzene rings is 1. The van der Waals surface area contributed by atoms with Gasteiger partial charge in [-0.3, -0.25) is 4.90 Å². The number of guanidine groups is 1. The number of hydrogen-bond donors (Lipinski definition) is 1. The molecule has 0 saturated carbocycles. The lowest BCUT2D eigenvalue weighted by Crippen LogP contribution is -2.46. The number of ether oxygens (including phenoxy) is 2. The van der Waals surface area contributed by atoms with E-state index in [0.29, 0.717) is 19.2 Å². The van der Waals surface area contributed by atoms with Crippen LogP contribution in [-0.2, 0) is 4.74 Å². The second kappa shape index (κ2) is 11.8. The minimum Gasteiger partial charge on any atom is -0.491 e. The Morgan fingerprint density at radius 3 is 2.61 bits per heavy atom. The molecule has 2 fully saturated rings. The average Bonchev–Trinajstić information content (AvgIpc) is 3.17. The maximum atomic E-state index is 6.00. The summed E-state index contributed by atoms with van der Waals surface area (Å²) in [6.07, 6.45) is 1.20. The van der Waals surface area contributed by atoms with Gasteiger partial charge in [0.1, 0.15) is 12.4 Å². The van der Waals surface area contributed by atoms with Gasteiger partial charge in [0.15, 0.2) is 5.96 Å². The lowest BCUT2D eigenvalue weighted by molar-refractivity contribution is 0.0195. The molecule has 2 aliphatic rings. The summed E-state index contributed by atoms with van der Waals surface area (Å²) in [5, 5.41) is 3.45. The lowest BCUT2D eigenvalue weighted by Gasteiger charge is -2.32. The number of aliphatic imine (C=N–C) groups is 1. The number of halogens is 1. The summed E-state index contributed by atoms with van der Waals surface area (Å²) in [5.74, 6) is 2.00. The molecule has 1 aromatic carbocycles. The van der Waals surface area contributed by atoms with E-state index in [9.17, 15) is 0 Å². The number of aryl methyl sites for hydroxylation is 2. The Balaban J connectivity index is 0.00000280. The Hall–Kier alpha value is -1.06. The summed E-state index contributed by atoms with van der Waals surface area (Å²) in [6.45, 7) is 14.4. The van der Waals surface area contributed by atoms with Crippen LogP contribution in [0.1, 0.15) is 24.5 Å². The van der Waals surface area contributed by atoms with Crippen LogP contribution in [0.5, 0.6) is 5.75 Å². The van der Waals surface area contributed by atoms with Crippen LogP contribution in [0.25, 0.3) is 0 Å². The molecule has 6 nitrogen and oxygen atoms in total. The fourth-order valence-electron chi connectivity index (χ4n) is 3.93. The van der Waals surface area contributed by atoms with Crippen LogP contribution in [0.4, 0.5) is 0 Å². The third kappa shape index (κ3) is 6.22.